The van der Waals surface area contributed by atoms with Crippen molar-refractivity contribution in [3.05, 3.63) is 0 Å². The zero-order valence-corrected chi connectivity index (χ0v) is 12.3. The maximum absolute atomic E-state index is 12.4. The summed E-state index contributed by atoms with van der Waals surface area (Å²) >= 11 is 0. The van der Waals surface area contributed by atoms with Gasteiger partial charge in [-0.05, 0) is 19.3 Å². The summed E-state index contributed by atoms with van der Waals surface area (Å²) in [6, 6.07) is 0. The number of carbonyl (C=O) groups excluding carboxylic acids is 2. The number of aliphatic carboxylic acids is 1. The third-order valence-corrected chi connectivity index (χ3v) is 4.03. The molecule has 7 heteroatoms. The fourth-order valence-electron chi connectivity index (χ4n) is 2.81. The van der Waals surface area contributed by atoms with E-state index in [2.05, 4.69) is 0 Å². The maximum atomic E-state index is 12.4. The number of rotatable bonds is 3. The van der Waals surface area contributed by atoms with Gasteiger partial charge in [-0.3, -0.25) is 9.59 Å². The number of nitrogens with zero attached hydrogens (tertiary/aromatic N) is 2. The van der Waals surface area contributed by atoms with Crippen LogP contribution in [-0.2, 0) is 19.1 Å². The monoisotopic (exact) mass is 298 g/mol. The predicted molar refractivity (Wildman–Crippen MR) is 73.6 cm³/mol. The highest BCUT2D eigenvalue weighted by Gasteiger charge is 2.37. The van der Waals surface area contributed by atoms with Crippen LogP contribution in [-0.4, -0.2) is 71.1 Å². The van der Waals surface area contributed by atoms with Crippen molar-refractivity contribution >= 4 is 17.8 Å². The summed E-state index contributed by atoms with van der Waals surface area (Å²) in [6.07, 6.45) is 0.514. The molecule has 0 aromatic carbocycles. The third-order valence-electron chi connectivity index (χ3n) is 4.03. The summed E-state index contributed by atoms with van der Waals surface area (Å²) in [4.78, 5) is 38.4. The van der Waals surface area contributed by atoms with Gasteiger partial charge >= 0.3 is 5.97 Å². The molecule has 0 saturated carbocycles. The Morgan fingerprint density at radius 1 is 1.05 bits per heavy atom. The van der Waals surface area contributed by atoms with Gasteiger partial charge in [0.2, 0.25) is 5.91 Å². The molecule has 0 radical (unpaired) electrons. The molecule has 2 amide bonds. The van der Waals surface area contributed by atoms with Gasteiger partial charge < -0.3 is 19.6 Å². The molecule has 2 aliphatic rings. The van der Waals surface area contributed by atoms with Gasteiger partial charge in [0.25, 0.3) is 5.91 Å². The molecule has 0 aliphatic carbocycles. The Morgan fingerprint density at radius 3 is 2.29 bits per heavy atom. The Bertz CT molecular complexity index is 426. The van der Waals surface area contributed by atoms with Crippen LogP contribution in [0.15, 0.2) is 0 Å². The molecule has 1 N–H and O–H groups in total. The van der Waals surface area contributed by atoms with Gasteiger partial charge in [-0.15, -0.1) is 0 Å². The molecule has 7 nitrogen and oxygen atoms in total. The number of hydrogen-bond acceptors (Lipinski definition) is 4. The van der Waals surface area contributed by atoms with Crippen LogP contribution in [0.4, 0.5) is 0 Å². The minimum Gasteiger partial charge on any atom is -0.479 e. The predicted octanol–water partition coefficient (Wildman–Crippen LogP) is 0.0895. The zero-order valence-electron chi connectivity index (χ0n) is 12.3. The molecule has 118 valence electrons. The normalized spacial score (nSPS) is 26.5. The molecule has 2 rings (SSSR count). The second-order valence-corrected chi connectivity index (χ2v) is 5.44. The minimum absolute atomic E-state index is 0.104. The minimum atomic E-state index is -1.01. The smallest absolute Gasteiger partial charge is 0.332 e. The summed E-state index contributed by atoms with van der Waals surface area (Å²) in [5, 5.41) is 8.90. The topological polar surface area (TPSA) is 87.2 Å². The highest BCUT2D eigenvalue weighted by atomic mass is 16.5. The van der Waals surface area contributed by atoms with Gasteiger partial charge in [0, 0.05) is 32.6 Å². The van der Waals surface area contributed by atoms with E-state index in [4.69, 9.17) is 9.84 Å². The Kier molecular flexibility index (Phi) is 5.17. The molecule has 0 bridgehead atoms. The van der Waals surface area contributed by atoms with E-state index in [9.17, 15) is 14.4 Å². The Balaban J connectivity index is 1.89. The molecule has 0 spiro atoms. The van der Waals surface area contributed by atoms with Crippen LogP contribution >= 0.6 is 0 Å². The van der Waals surface area contributed by atoms with E-state index >= 15 is 0 Å². The number of carbonyl (C=O) groups is 3. The molecular weight excluding hydrogens is 276 g/mol. The first-order valence-corrected chi connectivity index (χ1v) is 7.47. The number of ether oxygens (including phenoxy) is 1. The van der Waals surface area contributed by atoms with E-state index < -0.39 is 18.2 Å². The van der Waals surface area contributed by atoms with Gasteiger partial charge in [-0.2, -0.15) is 0 Å². The van der Waals surface area contributed by atoms with Crippen LogP contribution in [0.3, 0.4) is 0 Å². The lowest BCUT2D eigenvalue weighted by molar-refractivity contribution is -0.154. The van der Waals surface area contributed by atoms with Crippen molar-refractivity contribution in [1.82, 2.24) is 9.80 Å². The van der Waals surface area contributed by atoms with E-state index in [0.29, 0.717) is 45.4 Å². The van der Waals surface area contributed by atoms with Crippen LogP contribution in [0.5, 0.6) is 0 Å². The fraction of sp³-hybridized carbons (Fsp3) is 0.786. The largest absolute Gasteiger partial charge is 0.479 e. The molecule has 2 saturated heterocycles. The molecule has 2 atom stereocenters. The molecule has 21 heavy (non-hydrogen) atoms. The fourth-order valence-corrected chi connectivity index (χ4v) is 2.81. The van der Waals surface area contributed by atoms with Crippen LogP contribution in [0.2, 0.25) is 0 Å². The summed E-state index contributed by atoms with van der Waals surface area (Å²) in [6.45, 7) is 4.11. The molecule has 2 heterocycles. The standard InChI is InChI=1S/C14H22N2O5/c1-2-12(17)15-6-3-7-16(9-8-15)13(18)10-4-5-11(21-10)14(19)20/h10-11H,2-9H2,1H3,(H,19,20)/t10-,11+/m0/s1. The molecule has 0 unspecified atom stereocenters. The van der Waals surface area contributed by atoms with Crippen molar-refractivity contribution in [3.63, 3.8) is 0 Å². The van der Waals surface area contributed by atoms with E-state index in [0.717, 1.165) is 6.42 Å². The quantitative estimate of drug-likeness (QED) is 0.798. The van der Waals surface area contributed by atoms with Crippen LogP contribution in [0.1, 0.15) is 32.6 Å². The van der Waals surface area contributed by atoms with Crippen LogP contribution in [0, 0.1) is 0 Å². The van der Waals surface area contributed by atoms with Gasteiger partial charge in [0.15, 0.2) is 6.10 Å². The number of amides is 2. The summed E-state index contributed by atoms with van der Waals surface area (Å²) in [5.74, 6) is -1.06. The van der Waals surface area contributed by atoms with Crippen molar-refractivity contribution in [1.29, 1.82) is 0 Å². The first kappa shape index (κ1) is 15.8. The van der Waals surface area contributed by atoms with Crippen molar-refractivity contribution in [3.8, 4) is 0 Å². The molecule has 0 aromatic rings. The first-order chi connectivity index (χ1) is 10.0. The van der Waals surface area contributed by atoms with Gasteiger partial charge in [-0.1, -0.05) is 6.92 Å². The molecule has 2 aliphatic heterocycles. The first-order valence-electron chi connectivity index (χ1n) is 7.47. The summed E-state index contributed by atoms with van der Waals surface area (Å²) in [5.41, 5.74) is 0. The van der Waals surface area contributed by atoms with Crippen LogP contribution < -0.4 is 0 Å². The van der Waals surface area contributed by atoms with Gasteiger partial charge in [-0.25, -0.2) is 4.79 Å². The highest BCUT2D eigenvalue weighted by molar-refractivity contribution is 5.83. The van der Waals surface area contributed by atoms with Crippen molar-refractivity contribution in [2.45, 2.75) is 44.8 Å². The SMILES string of the molecule is CCC(=O)N1CCCN(C(=O)[C@@H]2CC[C@H](C(=O)O)O2)CC1. The van der Waals surface area contributed by atoms with Crippen LogP contribution in [0.25, 0.3) is 0 Å². The van der Waals surface area contributed by atoms with E-state index in [1.54, 1.807) is 9.80 Å². The Labute approximate surface area is 123 Å². The van der Waals surface area contributed by atoms with E-state index in [1.165, 1.54) is 0 Å². The van der Waals surface area contributed by atoms with Crippen molar-refractivity contribution in [2.75, 3.05) is 26.2 Å². The van der Waals surface area contributed by atoms with Crippen molar-refractivity contribution in [2.24, 2.45) is 0 Å². The Hall–Kier alpha value is -1.63. The number of carboxylic acids is 1. The van der Waals surface area contributed by atoms with E-state index in [1.807, 2.05) is 6.92 Å². The lowest BCUT2D eigenvalue weighted by Crippen LogP contribution is -2.42. The molecule has 2 fully saturated rings. The lowest BCUT2D eigenvalue weighted by Gasteiger charge is -2.24. The van der Waals surface area contributed by atoms with Gasteiger partial charge in [0.05, 0.1) is 0 Å². The van der Waals surface area contributed by atoms with E-state index in [-0.39, 0.29) is 11.8 Å². The molecular formula is C14H22N2O5. The highest BCUT2D eigenvalue weighted by Crippen LogP contribution is 2.22. The third kappa shape index (κ3) is 3.72. The lowest BCUT2D eigenvalue weighted by atomic mass is 10.2. The maximum Gasteiger partial charge on any atom is 0.332 e. The average molecular weight is 298 g/mol. The molecule has 0 aromatic heterocycles. The Morgan fingerprint density at radius 2 is 1.67 bits per heavy atom. The average Bonchev–Trinajstić information content (AvgIpc) is 2.84. The van der Waals surface area contributed by atoms with Crippen molar-refractivity contribution < 1.29 is 24.2 Å². The number of carboxylic acid groups (broad SMARTS) is 1. The zero-order chi connectivity index (χ0) is 15.4. The number of hydrogen-bond donors (Lipinski definition) is 1. The summed E-state index contributed by atoms with van der Waals surface area (Å²) in [7, 11) is 0. The summed E-state index contributed by atoms with van der Waals surface area (Å²) < 4.78 is 5.30. The second-order valence-electron chi connectivity index (χ2n) is 5.44. The second kappa shape index (κ2) is 6.89. The van der Waals surface area contributed by atoms with Gasteiger partial charge in [0.1, 0.15) is 6.10 Å².